The van der Waals surface area contributed by atoms with E-state index in [4.69, 9.17) is 14.2 Å². The summed E-state index contributed by atoms with van der Waals surface area (Å²) in [7, 11) is 4.84. The second kappa shape index (κ2) is 11.6. The van der Waals surface area contributed by atoms with Gasteiger partial charge in [-0.15, -0.1) is 0 Å². The zero-order valence-electron chi connectivity index (χ0n) is 24.0. The molecule has 1 heterocycles. The van der Waals surface area contributed by atoms with Crippen molar-refractivity contribution in [2.45, 2.75) is 25.3 Å². The normalized spacial score (nSPS) is 12.8. The van der Waals surface area contributed by atoms with E-state index in [1.54, 1.807) is 21.3 Å². The van der Waals surface area contributed by atoms with Crippen LogP contribution in [0.2, 0.25) is 0 Å². The Hall–Kier alpha value is -4.75. The fourth-order valence-electron chi connectivity index (χ4n) is 6.10. The molecule has 0 spiro atoms. The van der Waals surface area contributed by atoms with Gasteiger partial charge in [0.15, 0.2) is 11.5 Å². The molecule has 4 aromatic carbocycles. The number of H-pyrrole nitrogens is 1. The third-order valence-corrected chi connectivity index (χ3v) is 8.14. The van der Waals surface area contributed by atoms with Crippen LogP contribution in [-0.2, 0) is 19.3 Å². The number of aromatic nitrogens is 1. The first-order chi connectivity index (χ1) is 20.6. The van der Waals surface area contributed by atoms with Crippen LogP contribution in [0.25, 0.3) is 33.2 Å². The van der Waals surface area contributed by atoms with Gasteiger partial charge >= 0.3 is 0 Å². The number of carbonyl (C=O) groups is 1. The number of rotatable bonds is 9. The van der Waals surface area contributed by atoms with Gasteiger partial charge in [-0.3, -0.25) is 4.79 Å². The summed E-state index contributed by atoms with van der Waals surface area (Å²) in [4.78, 5) is 17.3. The van der Waals surface area contributed by atoms with Gasteiger partial charge in [-0.05, 0) is 76.9 Å². The number of aryl methyl sites for hydroxylation is 1. The van der Waals surface area contributed by atoms with Gasteiger partial charge in [0.05, 0.1) is 34.0 Å². The topological polar surface area (TPSA) is 92.8 Å². The molecule has 1 aliphatic rings. The Morgan fingerprint density at radius 1 is 0.881 bits per heavy atom. The van der Waals surface area contributed by atoms with Gasteiger partial charge in [0.25, 0.3) is 5.91 Å². The van der Waals surface area contributed by atoms with Crippen molar-refractivity contribution in [3.8, 4) is 39.5 Å². The van der Waals surface area contributed by atoms with Crippen LogP contribution in [0.3, 0.4) is 0 Å². The Bertz CT molecular complexity index is 1760. The number of aromatic amines is 1. The van der Waals surface area contributed by atoms with Crippen LogP contribution in [0.4, 0.5) is 0 Å². The molecule has 214 valence electrons. The highest BCUT2D eigenvalue weighted by molar-refractivity contribution is 6.03. The summed E-state index contributed by atoms with van der Waals surface area (Å²) in [5.41, 5.74) is 8.50. The maximum atomic E-state index is 14.0. The number of para-hydroxylation sites is 1. The average Bonchev–Trinajstić information content (AvgIpc) is 3.45. The van der Waals surface area contributed by atoms with E-state index >= 15 is 0 Å². The highest BCUT2D eigenvalue weighted by Crippen LogP contribution is 2.49. The summed E-state index contributed by atoms with van der Waals surface area (Å²) in [5, 5.41) is 14.5. The van der Waals surface area contributed by atoms with Crippen LogP contribution in [0.15, 0.2) is 79.0 Å². The minimum Gasteiger partial charge on any atom is -0.493 e. The largest absolute Gasteiger partial charge is 0.493 e. The summed E-state index contributed by atoms with van der Waals surface area (Å²) >= 11 is 0. The van der Waals surface area contributed by atoms with Crippen LogP contribution in [0, 0.1) is 0 Å². The number of hydrogen-bond acceptors (Lipinski definition) is 5. The first kappa shape index (κ1) is 27.4. The summed E-state index contributed by atoms with van der Waals surface area (Å²) < 4.78 is 17.1. The van der Waals surface area contributed by atoms with Crippen molar-refractivity contribution in [1.29, 1.82) is 0 Å². The molecule has 0 saturated heterocycles. The fourth-order valence-corrected chi connectivity index (χ4v) is 6.10. The quantitative estimate of drug-likeness (QED) is 0.206. The van der Waals surface area contributed by atoms with E-state index in [0.717, 1.165) is 62.7 Å². The number of amides is 1. The second-order valence-corrected chi connectivity index (χ2v) is 10.5. The minimum atomic E-state index is -0.465. The molecular formula is C35H34N2O5. The third-order valence-electron chi connectivity index (χ3n) is 8.14. The Balaban J connectivity index is 1.43. The number of methoxy groups -OCH3 is 3. The van der Waals surface area contributed by atoms with E-state index < -0.39 is 6.04 Å². The molecule has 1 aromatic heterocycles. The van der Waals surface area contributed by atoms with Crippen molar-refractivity contribution >= 4 is 16.8 Å². The predicted molar refractivity (Wildman–Crippen MR) is 165 cm³/mol. The molecule has 42 heavy (non-hydrogen) atoms. The van der Waals surface area contributed by atoms with Gasteiger partial charge in [0.1, 0.15) is 0 Å². The standard InChI is InChI=1S/C35H34N2O5/c1-40-32-18-29-26(33(41-2)34(32)42-3)14-13-22-16-27(21-9-5-4-6-10-21)30(17-28(22)29)35(39)37-24(20-38)15-23-19-36-31-12-8-7-11-25(23)31/h4-12,16-19,24,36,38H,13-15,20H2,1-3H3,(H,37,39). The van der Waals surface area contributed by atoms with Gasteiger partial charge in [-0.1, -0.05) is 48.5 Å². The molecule has 0 aliphatic heterocycles. The van der Waals surface area contributed by atoms with E-state index in [1.807, 2.05) is 72.9 Å². The number of ether oxygens (including phenoxy) is 3. The Morgan fingerprint density at radius 2 is 1.64 bits per heavy atom. The molecule has 1 amide bonds. The number of aliphatic hydroxyl groups is 1. The van der Waals surface area contributed by atoms with Crippen LogP contribution < -0.4 is 19.5 Å². The average molecular weight is 563 g/mol. The first-order valence-electron chi connectivity index (χ1n) is 14.1. The molecule has 1 aliphatic carbocycles. The van der Waals surface area contributed by atoms with Crippen molar-refractivity contribution in [3.05, 3.63) is 101 Å². The maximum absolute atomic E-state index is 14.0. The highest BCUT2D eigenvalue weighted by atomic mass is 16.5. The molecule has 0 bridgehead atoms. The van der Waals surface area contributed by atoms with E-state index in [1.165, 1.54) is 0 Å². The minimum absolute atomic E-state index is 0.187. The lowest BCUT2D eigenvalue weighted by Crippen LogP contribution is -2.39. The van der Waals surface area contributed by atoms with Gasteiger partial charge in [0.2, 0.25) is 5.75 Å². The highest BCUT2D eigenvalue weighted by Gasteiger charge is 2.28. The maximum Gasteiger partial charge on any atom is 0.252 e. The lowest BCUT2D eigenvalue weighted by molar-refractivity contribution is 0.0917. The fraction of sp³-hybridized carbons (Fsp3) is 0.229. The van der Waals surface area contributed by atoms with Gasteiger partial charge in [-0.25, -0.2) is 0 Å². The Kier molecular flexibility index (Phi) is 7.59. The van der Waals surface area contributed by atoms with Crippen molar-refractivity contribution in [1.82, 2.24) is 10.3 Å². The SMILES string of the molecule is COc1cc2c(c(OC)c1OC)CCc1cc(-c3ccccc3)c(C(=O)NC(CO)Cc3c[nH]c4ccccc34)cc1-2. The van der Waals surface area contributed by atoms with Crippen LogP contribution >= 0.6 is 0 Å². The molecular weight excluding hydrogens is 528 g/mol. The summed E-state index contributed by atoms with van der Waals surface area (Å²) in [6.07, 6.45) is 3.99. The zero-order valence-corrected chi connectivity index (χ0v) is 24.0. The van der Waals surface area contributed by atoms with Crippen LogP contribution in [0.5, 0.6) is 17.2 Å². The molecule has 0 fully saturated rings. The number of hydrogen-bond donors (Lipinski definition) is 3. The second-order valence-electron chi connectivity index (χ2n) is 10.5. The molecule has 1 atom stereocenters. The summed E-state index contributed by atoms with van der Waals surface area (Å²) in [5.74, 6) is 1.53. The van der Waals surface area contributed by atoms with E-state index in [9.17, 15) is 9.90 Å². The summed E-state index contributed by atoms with van der Waals surface area (Å²) in [6, 6.07) is 23.6. The molecule has 0 radical (unpaired) electrons. The number of fused-ring (bicyclic) bond motifs is 4. The molecule has 7 heteroatoms. The van der Waals surface area contributed by atoms with Crippen LogP contribution in [0.1, 0.15) is 27.0 Å². The van der Waals surface area contributed by atoms with Crippen molar-refractivity contribution < 1.29 is 24.1 Å². The van der Waals surface area contributed by atoms with Crippen LogP contribution in [-0.4, -0.2) is 50.0 Å². The number of aliphatic hydroxyl groups excluding tert-OH is 1. The van der Waals surface area contributed by atoms with E-state index in [-0.39, 0.29) is 12.5 Å². The van der Waals surface area contributed by atoms with E-state index in [2.05, 4.69) is 16.4 Å². The lowest BCUT2D eigenvalue weighted by Gasteiger charge is -2.26. The number of benzene rings is 4. The molecule has 7 nitrogen and oxygen atoms in total. The van der Waals surface area contributed by atoms with Gasteiger partial charge < -0.3 is 29.6 Å². The van der Waals surface area contributed by atoms with Crippen molar-refractivity contribution in [3.63, 3.8) is 0 Å². The van der Waals surface area contributed by atoms with E-state index in [0.29, 0.717) is 29.2 Å². The van der Waals surface area contributed by atoms with Crippen molar-refractivity contribution in [2.75, 3.05) is 27.9 Å². The molecule has 5 aromatic rings. The van der Waals surface area contributed by atoms with Gasteiger partial charge in [-0.2, -0.15) is 0 Å². The number of nitrogens with one attached hydrogen (secondary N) is 2. The summed E-state index contributed by atoms with van der Waals surface area (Å²) in [6.45, 7) is -0.187. The third kappa shape index (κ3) is 4.86. The molecule has 0 saturated carbocycles. The molecule has 3 N–H and O–H groups in total. The zero-order chi connectivity index (χ0) is 29.2. The van der Waals surface area contributed by atoms with Gasteiger partial charge in [0, 0.05) is 28.2 Å². The predicted octanol–water partition coefficient (Wildman–Crippen LogP) is 5.96. The molecule has 6 rings (SSSR count). The van der Waals surface area contributed by atoms with Crippen molar-refractivity contribution in [2.24, 2.45) is 0 Å². The Morgan fingerprint density at radius 3 is 2.38 bits per heavy atom. The Labute approximate surface area is 245 Å². The number of carbonyl (C=O) groups excluding carboxylic acids is 1. The monoisotopic (exact) mass is 562 g/mol. The first-order valence-corrected chi connectivity index (χ1v) is 14.1. The lowest BCUT2D eigenvalue weighted by atomic mass is 9.81. The smallest absolute Gasteiger partial charge is 0.252 e. The molecule has 1 unspecified atom stereocenters.